The van der Waals surface area contributed by atoms with Crippen LogP contribution >= 0.6 is 22.7 Å². The summed E-state index contributed by atoms with van der Waals surface area (Å²) in [5.41, 5.74) is 1.89. The summed E-state index contributed by atoms with van der Waals surface area (Å²) in [4.78, 5) is 32.0. The Kier molecular flexibility index (Phi) is 5.92. The number of benzene rings is 1. The van der Waals surface area contributed by atoms with Gasteiger partial charge in [-0.1, -0.05) is 59.9 Å². The standard InChI is InChI=1S/C23H20N2O3S2/c1-3-28-22(27)19-15(2)24-23-25(20(19)17-13-8-14-29-17)21(26)18(30-23)12-7-11-16-9-5-4-6-10-16/h4-14,20H,3H2,1-2H3/b11-7+,18-12+/t20-/m1/s1. The van der Waals surface area contributed by atoms with Gasteiger partial charge in [-0.25, -0.2) is 9.79 Å². The number of esters is 1. The summed E-state index contributed by atoms with van der Waals surface area (Å²) in [7, 11) is 0. The largest absolute Gasteiger partial charge is 0.463 e. The monoisotopic (exact) mass is 436 g/mol. The molecule has 0 radical (unpaired) electrons. The summed E-state index contributed by atoms with van der Waals surface area (Å²) in [5, 5.41) is 1.94. The molecule has 7 heteroatoms. The maximum absolute atomic E-state index is 13.3. The molecule has 0 saturated heterocycles. The van der Waals surface area contributed by atoms with Crippen molar-refractivity contribution in [2.45, 2.75) is 19.9 Å². The normalized spacial score (nSPS) is 16.6. The van der Waals surface area contributed by atoms with Crippen molar-refractivity contribution in [2.75, 3.05) is 6.61 Å². The van der Waals surface area contributed by atoms with Crippen molar-refractivity contribution in [3.05, 3.63) is 95.3 Å². The van der Waals surface area contributed by atoms with Gasteiger partial charge in [-0.3, -0.25) is 9.36 Å². The van der Waals surface area contributed by atoms with Crippen LogP contribution in [0.15, 0.2) is 75.0 Å². The Bertz CT molecular complexity index is 1300. The average Bonchev–Trinajstić information content (AvgIpc) is 3.37. The Morgan fingerprint density at radius 1 is 1.23 bits per heavy atom. The first-order valence-electron chi connectivity index (χ1n) is 9.55. The van der Waals surface area contributed by atoms with Gasteiger partial charge in [0.2, 0.25) is 0 Å². The minimum atomic E-state index is -0.527. The molecule has 3 aromatic rings. The lowest BCUT2D eigenvalue weighted by Gasteiger charge is -2.23. The number of hydrogen-bond donors (Lipinski definition) is 0. The van der Waals surface area contributed by atoms with Gasteiger partial charge >= 0.3 is 5.97 Å². The smallest absolute Gasteiger partial charge is 0.338 e. The van der Waals surface area contributed by atoms with Crippen molar-refractivity contribution in [3.63, 3.8) is 0 Å². The number of ether oxygens (including phenoxy) is 1. The lowest BCUT2D eigenvalue weighted by atomic mass is 10.0. The van der Waals surface area contributed by atoms with Crippen LogP contribution in [0.2, 0.25) is 0 Å². The Balaban J connectivity index is 1.83. The van der Waals surface area contributed by atoms with Crippen molar-refractivity contribution >= 4 is 40.8 Å². The third-order valence-corrected chi connectivity index (χ3v) is 6.59. The van der Waals surface area contributed by atoms with Crippen LogP contribution in [0.1, 0.15) is 30.3 Å². The van der Waals surface area contributed by atoms with Crippen LogP contribution in [0, 0.1) is 0 Å². The summed E-state index contributed by atoms with van der Waals surface area (Å²) >= 11 is 2.83. The molecular weight excluding hydrogens is 416 g/mol. The molecular formula is C23H20N2O3S2. The molecule has 3 heterocycles. The van der Waals surface area contributed by atoms with E-state index in [-0.39, 0.29) is 12.2 Å². The van der Waals surface area contributed by atoms with E-state index < -0.39 is 12.0 Å². The number of fused-ring (bicyclic) bond motifs is 1. The first kappa shape index (κ1) is 20.3. The molecule has 5 nitrogen and oxygen atoms in total. The Morgan fingerprint density at radius 3 is 2.73 bits per heavy atom. The number of rotatable bonds is 5. The number of aromatic nitrogens is 1. The highest BCUT2D eigenvalue weighted by atomic mass is 32.1. The molecule has 2 aromatic heterocycles. The predicted molar refractivity (Wildman–Crippen MR) is 121 cm³/mol. The fourth-order valence-electron chi connectivity index (χ4n) is 3.33. The van der Waals surface area contributed by atoms with Crippen molar-refractivity contribution < 1.29 is 9.53 Å². The number of allylic oxidation sites excluding steroid dienone is 2. The second-order valence-corrected chi connectivity index (χ2v) is 8.60. The molecule has 0 aliphatic carbocycles. The highest BCUT2D eigenvalue weighted by Gasteiger charge is 2.33. The summed E-state index contributed by atoms with van der Waals surface area (Å²) in [6.07, 6.45) is 5.61. The molecule has 0 saturated carbocycles. The van der Waals surface area contributed by atoms with Gasteiger partial charge in [-0.05, 0) is 36.9 Å². The van der Waals surface area contributed by atoms with Gasteiger partial charge in [0.15, 0.2) is 4.80 Å². The first-order valence-corrected chi connectivity index (χ1v) is 11.2. The Hall–Kier alpha value is -3.03. The fraction of sp³-hybridized carbons (Fsp3) is 0.174. The van der Waals surface area contributed by atoms with Crippen LogP contribution in [0.4, 0.5) is 0 Å². The SMILES string of the molecule is CCOC(=O)C1=C(C)N=c2s/c(=C/C=C/c3ccccc3)c(=O)n2[C@@H]1c1cccs1. The van der Waals surface area contributed by atoms with Gasteiger partial charge in [0, 0.05) is 4.88 Å². The van der Waals surface area contributed by atoms with E-state index in [1.807, 2.05) is 60.0 Å². The summed E-state index contributed by atoms with van der Waals surface area (Å²) in [6, 6.07) is 13.2. The third-order valence-electron chi connectivity index (χ3n) is 4.67. The third kappa shape index (κ3) is 3.86. The number of thiophene rings is 1. The van der Waals surface area contributed by atoms with E-state index in [9.17, 15) is 9.59 Å². The van der Waals surface area contributed by atoms with Gasteiger partial charge in [0.1, 0.15) is 6.04 Å². The zero-order valence-corrected chi connectivity index (χ0v) is 18.2. The zero-order valence-electron chi connectivity index (χ0n) is 16.6. The van der Waals surface area contributed by atoms with Crippen molar-refractivity contribution in [1.82, 2.24) is 4.57 Å². The average molecular weight is 437 g/mol. The molecule has 1 aliphatic rings. The van der Waals surface area contributed by atoms with Crippen LogP contribution in [0.25, 0.3) is 12.2 Å². The Morgan fingerprint density at radius 2 is 2.03 bits per heavy atom. The zero-order chi connectivity index (χ0) is 21.1. The lowest BCUT2D eigenvalue weighted by molar-refractivity contribution is -0.139. The number of thiazole rings is 1. The molecule has 30 heavy (non-hydrogen) atoms. The molecule has 0 fully saturated rings. The van der Waals surface area contributed by atoms with E-state index in [0.29, 0.717) is 20.6 Å². The molecule has 0 unspecified atom stereocenters. The number of carbonyl (C=O) groups is 1. The minimum Gasteiger partial charge on any atom is -0.463 e. The molecule has 0 amide bonds. The summed E-state index contributed by atoms with van der Waals surface area (Å²) < 4.78 is 7.45. The van der Waals surface area contributed by atoms with E-state index in [1.54, 1.807) is 24.5 Å². The van der Waals surface area contributed by atoms with Gasteiger partial charge in [0.25, 0.3) is 5.56 Å². The number of nitrogens with zero attached hydrogens (tertiary/aromatic N) is 2. The van der Waals surface area contributed by atoms with E-state index in [0.717, 1.165) is 10.4 Å². The van der Waals surface area contributed by atoms with E-state index >= 15 is 0 Å². The molecule has 4 rings (SSSR count). The summed E-state index contributed by atoms with van der Waals surface area (Å²) in [6.45, 7) is 3.82. The second kappa shape index (κ2) is 8.77. The molecule has 0 bridgehead atoms. The van der Waals surface area contributed by atoms with Crippen LogP contribution in [-0.4, -0.2) is 17.1 Å². The highest BCUT2D eigenvalue weighted by Crippen LogP contribution is 2.33. The van der Waals surface area contributed by atoms with Crippen LogP contribution in [0.5, 0.6) is 0 Å². The lowest BCUT2D eigenvalue weighted by Crippen LogP contribution is -2.39. The predicted octanol–water partition coefficient (Wildman–Crippen LogP) is 3.52. The number of carbonyl (C=O) groups excluding carboxylic acids is 1. The van der Waals surface area contributed by atoms with E-state index in [1.165, 1.54) is 22.7 Å². The molecule has 1 aromatic carbocycles. The molecule has 0 spiro atoms. The van der Waals surface area contributed by atoms with E-state index in [2.05, 4.69) is 4.99 Å². The molecule has 152 valence electrons. The van der Waals surface area contributed by atoms with Gasteiger partial charge in [-0.2, -0.15) is 0 Å². The van der Waals surface area contributed by atoms with Gasteiger partial charge in [-0.15, -0.1) is 11.3 Å². The maximum atomic E-state index is 13.3. The Labute approximate surface area is 181 Å². The highest BCUT2D eigenvalue weighted by molar-refractivity contribution is 7.10. The quantitative estimate of drug-likeness (QED) is 0.575. The summed E-state index contributed by atoms with van der Waals surface area (Å²) in [5.74, 6) is -0.435. The van der Waals surface area contributed by atoms with Crippen LogP contribution in [0.3, 0.4) is 0 Å². The van der Waals surface area contributed by atoms with Crippen molar-refractivity contribution in [1.29, 1.82) is 0 Å². The van der Waals surface area contributed by atoms with Crippen LogP contribution < -0.4 is 14.9 Å². The first-order chi connectivity index (χ1) is 14.6. The minimum absolute atomic E-state index is 0.163. The van der Waals surface area contributed by atoms with Crippen molar-refractivity contribution in [2.24, 2.45) is 4.99 Å². The number of hydrogen-bond acceptors (Lipinski definition) is 6. The molecule has 1 atom stereocenters. The molecule has 0 N–H and O–H groups in total. The maximum Gasteiger partial charge on any atom is 0.338 e. The van der Waals surface area contributed by atoms with Crippen LogP contribution in [-0.2, 0) is 9.53 Å². The van der Waals surface area contributed by atoms with Gasteiger partial charge < -0.3 is 4.74 Å². The van der Waals surface area contributed by atoms with E-state index in [4.69, 9.17) is 4.74 Å². The van der Waals surface area contributed by atoms with Crippen molar-refractivity contribution in [3.8, 4) is 0 Å². The molecule has 1 aliphatic heterocycles. The fourth-order valence-corrected chi connectivity index (χ4v) is 5.15. The topological polar surface area (TPSA) is 60.7 Å². The van der Waals surface area contributed by atoms with Gasteiger partial charge in [0.05, 0.1) is 22.4 Å². The second-order valence-electron chi connectivity index (χ2n) is 6.61.